The first kappa shape index (κ1) is 30.4. The lowest BCUT2D eigenvalue weighted by Crippen LogP contribution is -2.11. The summed E-state index contributed by atoms with van der Waals surface area (Å²) >= 11 is 0. The Hall–Kier alpha value is -6.02. The van der Waals surface area contributed by atoms with E-state index in [-0.39, 0.29) is 5.75 Å². The Kier molecular flexibility index (Phi) is 8.58. The predicted molar refractivity (Wildman–Crippen MR) is 170 cm³/mol. The summed E-state index contributed by atoms with van der Waals surface area (Å²) < 4.78 is 21.7. The molecule has 5 rings (SSSR count). The summed E-state index contributed by atoms with van der Waals surface area (Å²) in [5.74, 6) is -0.799. The summed E-state index contributed by atoms with van der Waals surface area (Å²) in [5.41, 5.74) is 1.84. The molecule has 5 aromatic carbocycles. The van der Waals surface area contributed by atoms with E-state index in [1.807, 2.05) is 0 Å². The van der Waals surface area contributed by atoms with Gasteiger partial charge in [0.1, 0.15) is 23.0 Å². The van der Waals surface area contributed by atoms with Crippen molar-refractivity contribution in [3.05, 3.63) is 132 Å². The Bertz CT molecular complexity index is 2050. The molecule has 0 atom stereocenters. The highest BCUT2D eigenvalue weighted by molar-refractivity contribution is 5.98. The van der Waals surface area contributed by atoms with Crippen LogP contribution >= 0.6 is 0 Å². The molecule has 0 radical (unpaired) electrons. The molecule has 0 aliphatic carbocycles. The molecule has 0 aliphatic heterocycles. The Labute approximate surface area is 259 Å². The van der Waals surface area contributed by atoms with Crippen molar-refractivity contribution in [2.24, 2.45) is 0 Å². The van der Waals surface area contributed by atoms with E-state index >= 15 is 0 Å². The van der Waals surface area contributed by atoms with Crippen LogP contribution in [0.2, 0.25) is 0 Å². The van der Waals surface area contributed by atoms with Crippen molar-refractivity contribution >= 4 is 45.4 Å². The van der Waals surface area contributed by atoms with Crippen molar-refractivity contribution < 1.29 is 38.1 Å². The van der Waals surface area contributed by atoms with Crippen LogP contribution in [0.5, 0.6) is 23.0 Å². The molecule has 0 amide bonds. The predicted octanol–water partition coefficient (Wildman–Crippen LogP) is 7.70. The first-order valence-corrected chi connectivity index (χ1v) is 13.8. The summed E-state index contributed by atoms with van der Waals surface area (Å²) in [6.45, 7) is 12.0. The second kappa shape index (κ2) is 12.7. The van der Waals surface area contributed by atoms with E-state index in [1.165, 1.54) is 0 Å². The fourth-order valence-corrected chi connectivity index (χ4v) is 4.34. The molecule has 8 nitrogen and oxygen atoms in total. The molecule has 8 heteroatoms. The van der Waals surface area contributed by atoms with Gasteiger partial charge < -0.3 is 18.9 Å². The highest BCUT2D eigenvalue weighted by Crippen LogP contribution is 2.28. The largest absolute Gasteiger partial charge is 0.423 e. The van der Waals surface area contributed by atoms with Crippen molar-refractivity contribution in [1.29, 1.82) is 0 Å². The molecule has 0 unspecified atom stereocenters. The van der Waals surface area contributed by atoms with Crippen molar-refractivity contribution in [1.82, 2.24) is 0 Å². The molecule has 0 aliphatic rings. The summed E-state index contributed by atoms with van der Waals surface area (Å²) in [6.07, 6.45) is 0. The van der Waals surface area contributed by atoms with E-state index in [2.05, 4.69) is 13.2 Å². The van der Waals surface area contributed by atoms with E-state index < -0.39 is 23.9 Å². The van der Waals surface area contributed by atoms with E-state index in [1.54, 1.807) is 112 Å². The van der Waals surface area contributed by atoms with Crippen molar-refractivity contribution in [3.63, 3.8) is 0 Å². The number of ether oxygens (including phenoxy) is 4. The smallest absolute Gasteiger partial charge is 0.343 e. The monoisotopic (exact) mass is 600 g/mol. The normalized spacial score (nSPS) is 10.6. The van der Waals surface area contributed by atoms with E-state index in [9.17, 15) is 19.2 Å². The van der Waals surface area contributed by atoms with Crippen molar-refractivity contribution in [3.8, 4) is 23.0 Å². The highest BCUT2D eigenvalue weighted by Gasteiger charge is 2.15. The quantitative estimate of drug-likeness (QED) is 0.101. The fourth-order valence-electron chi connectivity index (χ4n) is 4.34. The van der Waals surface area contributed by atoms with Gasteiger partial charge in [-0.1, -0.05) is 37.4 Å². The van der Waals surface area contributed by atoms with Crippen LogP contribution in [-0.2, 0) is 9.59 Å². The molecular formula is C37H28O8. The van der Waals surface area contributed by atoms with Crippen LogP contribution in [0.3, 0.4) is 0 Å². The van der Waals surface area contributed by atoms with E-state index in [0.717, 1.165) is 21.5 Å². The van der Waals surface area contributed by atoms with Crippen LogP contribution in [0.1, 0.15) is 40.1 Å². The van der Waals surface area contributed by atoms with Gasteiger partial charge in [-0.3, -0.25) is 0 Å². The molecule has 0 aromatic heterocycles. The minimum Gasteiger partial charge on any atom is -0.423 e. The fraction of sp³-hybridized carbons (Fsp3) is 0.0811. The maximum atomic E-state index is 12.9. The van der Waals surface area contributed by atoms with E-state index in [4.69, 9.17) is 18.9 Å². The number of benzene rings is 5. The number of aryl methyl sites for hydroxylation is 1. The number of hydrogen-bond acceptors (Lipinski definition) is 8. The molecule has 224 valence electrons. The first-order valence-electron chi connectivity index (χ1n) is 13.8. The number of rotatable bonds is 8. The van der Waals surface area contributed by atoms with Gasteiger partial charge in [0, 0.05) is 11.1 Å². The molecule has 0 N–H and O–H groups in total. The SMILES string of the molecule is C=C(C)C(=O)Oc1ccc2cc(C(=O)Oc3ccc(OC(=O)c4ccc5cc(OC(=O)C(=C)C)ccc5c4)c(C)c3)ccc2c1. The number of hydrogen-bond donors (Lipinski definition) is 0. The number of carbonyl (C=O) groups is 4. The molecule has 0 bridgehead atoms. The molecule has 0 saturated carbocycles. The lowest BCUT2D eigenvalue weighted by molar-refractivity contribution is -0.130. The van der Waals surface area contributed by atoms with Gasteiger partial charge in [0.05, 0.1) is 11.1 Å². The summed E-state index contributed by atoms with van der Waals surface area (Å²) in [7, 11) is 0. The Morgan fingerprint density at radius 1 is 0.489 bits per heavy atom. The van der Waals surface area contributed by atoms with Crippen molar-refractivity contribution in [2.75, 3.05) is 0 Å². The second-order valence-electron chi connectivity index (χ2n) is 10.5. The third-order valence-electron chi connectivity index (χ3n) is 6.77. The van der Waals surface area contributed by atoms with Crippen LogP contribution in [0.25, 0.3) is 21.5 Å². The van der Waals surface area contributed by atoms with Gasteiger partial charge in [-0.05, 0) is 115 Å². The molecule has 0 fully saturated rings. The maximum absolute atomic E-state index is 12.9. The lowest BCUT2D eigenvalue weighted by Gasteiger charge is -2.11. The summed E-state index contributed by atoms with van der Waals surface area (Å²) in [5, 5.41) is 3.08. The van der Waals surface area contributed by atoms with Gasteiger partial charge in [0.25, 0.3) is 0 Å². The van der Waals surface area contributed by atoms with Gasteiger partial charge in [-0.25, -0.2) is 19.2 Å². The minimum absolute atomic E-state index is 0.285. The van der Waals surface area contributed by atoms with Gasteiger partial charge in [-0.2, -0.15) is 0 Å². The van der Waals surface area contributed by atoms with Crippen LogP contribution in [0.15, 0.2) is 115 Å². The van der Waals surface area contributed by atoms with Gasteiger partial charge in [-0.15, -0.1) is 0 Å². The van der Waals surface area contributed by atoms with Crippen LogP contribution in [-0.4, -0.2) is 23.9 Å². The molecule has 0 spiro atoms. The van der Waals surface area contributed by atoms with Gasteiger partial charge in [0.2, 0.25) is 0 Å². The zero-order valence-electron chi connectivity index (χ0n) is 24.8. The van der Waals surface area contributed by atoms with Crippen LogP contribution in [0.4, 0.5) is 0 Å². The average molecular weight is 601 g/mol. The Morgan fingerprint density at radius 2 is 0.889 bits per heavy atom. The van der Waals surface area contributed by atoms with Gasteiger partial charge in [0.15, 0.2) is 0 Å². The Balaban J connectivity index is 1.24. The first-order chi connectivity index (χ1) is 21.5. The van der Waals surface area contributed by atoms with E-state index in [0.29, 0.717) is 45.1 Å². The zero-order valence-corrected chi connectivity index (χ0v) is 24.8. The molecular weight excluding hydrogens is 572 g/mol. The third kappa shape index (κ3) is 7.14. The Morgan fingerprint density at radius 3 is 1.36 bits per heavy atom. The number of fused-ring (bicyclic) bond motifs is 2. The topological polar surface area (TPSA) is 105 Å². The number of carbonyl (C=O) groups excluding carboxylic acids is 4. The maximum Gasteiger partial charge on any atom is 0.343 e. The van der Waals surface area contributed by atoms with Crippen molar-refractivity contribution in [2.45, 2.75) is 20.8 Å². The summed E-state index contributed by atoms with van der Waals surface area (Å²) in [6, 6.07) is 25.0. The molecule has 45 heavy (non-hydrogen) atoms. The number of esters is 4. The second-order valence-corrected chi connectivity index (χ2v) is 10.5. The van der Waals surface area contributed by atoms with Crippen LogP contribution in [0, 0.1) is 6.92 Å². The minimum atomic E-state index is -0.562. The standard InChI is InChI=1S/C37H28O8/c1-21(2)34(38)42-31-12-10-24-17-28(8-6-26(24)19-31)36(40)44-30-14-15-33(23(5)16-30)45-37(41)29-9-7-27-20-32(13-11-25(27)18-29)43-35(39)22(3)4/h6-20H,1,3H2,2,4-5H3. The van der Waals surface area contributed by atoms with Gasteiger partial charge >= 0.3 is 23.9 Å². The van der Waals surface area contributed by atoms with Crippen LogP contribution < -0.4 is 18.9 Å². The molecule has 0 saturated heterocycles. The summed E-state index contributed by atoms with van der Waals surface area (Å²) in [4.78, 5) is 49.4. The zero-order chi connectivity index (χ0) is 32.2. The average Bonchev–Trinajstić information content (AvgIpc) is 3.01. The third-order valence-corrected chi connectivity index (χ3v) is 6.77. The molecule has 0 heterocycles. The molecule has 5 aromatic rings. The highest BCUT2D eigenvalue weighted by atomic mass is 16.5. The lowest BCUT2D eigenvalue weighted by atomic mass is 10.1.